The smallest absolute Gasteiger partial charge is 0.256 e. The van der Waals surface area contributed by atoms with Crippen LogP contribution in [0.2, 0.25) is 0 Å². The molecule has 1 saturated heterocycles. The molecule has 1 aliphatic heterocycles. The number of amides is 1. The third-order valence-corrected chi connectivity index (χ3v) is 5.33. The Balaban J connectivity index is 1.50. The van der Waals surface area contributed by atoms with E-state index in [1.807, 2.05) is 19.3 Å². The zero-order valence-electron chi connectivity index (χ0n) is 14.6. The van der Waals surface area contributed by atoms with Gasteiger partial charge in [-0.2, -0.15) is 0 Å². The minimum Gasteiger partial charge on any atom is -0.338 e. The molecule has 2 aromatic rings. The summed E-state index contributed by atoms with van der Waals surface area (Å²) in [7, 11) is 0. The van der Waals surface area contributed by atoms with Gasteiger partial charge >= 0.3 is 0 Å². The van der Waals surface area contributed by atoms with E-state index in [-0.39, 0.29) is 17.4 Å². The van der Waals surface area contributed by atoms with Crippen molar-refractivity contribution in [2.45, 2.75) is 45.1 Å². The van der Waals surface area contributed by atoms with Gasteiger partial charge in [-0.15, -0.1) is 0 Å². The van der Waals surface area contributed by atoms with Gasteiger partial charge in [0.15, 0.2) is 0 Å². The number of aryl methyl sites for hydroxylation is 1. The van der Waals surface area contributed by atoms with Gasteiger partial charge in [-0.05, 0) is 56.2 Å². The van der Waals surface area contributed by atoms with E-state index < -0.39 is 5.82 Å². The summed E-state index contributed by atoms with van der Waals surface area (Å²) in [5.74, 6) is 1.47. The molecule has 0 radical (unpaired) electrons. The van der Waals surface area contributed by atoms with E-state index in [4.69, 9.17) is 0 Å². The highest BCUT2D eigenvalue weighted by atomic mass is 19.1. The molecule has 1 aliphatic carbocycles. The highest BCUT2D eigenvalue weighted by Crippen LogP contribution is 2.33. The average Bonchev–Trinajstić information content (AvgIpc) is 3.30. The first-order chi connectivity index (χ1) is 12.1. The summed E-state index contributed by atoms with van der Waals surface area (Å²) in [5, 5.41) is 0. The molecule has 0 N–H and O–H groups in total. The van der Waals surface area contributed by atoms with Gasteiger partial charge in [0, 0.05) is 37.9 Å². The molecule has 0 unspecified atom stereocenters. The van der Waals surface area contributed by atoms with Gasteiger partial charge in [0.1, 0.15) is 11.6 Å². The van der Waals surface area contributed by atoms with Crippen LogP contribution in [0.4, 0.5) is 4.39 Å². The Bertz CT molecular complexity index is 781. The van der Waals surface area contributed by atoms with Crippen molar-refractivity contribution in [3.05, 3.63) is 53.4 Å². The predicted octanol–water partition coefficient (Wildman–Crippen LogP) is 3.76. The molecule has 2 fully saturated rings. The van der Waals surface area contributed by atoms with Crippen LogP contribution in [-0.2, 0) is 6.54 Å². The van der Waals surface area contributed by atoms with Crippen molar-refractivity contribution >= 4 is 5.91 Å². The lowest BCUT2D eigenvalue weighted by molar-refractivity contribution is 0.0698. The molecule has 1 saturated carbocycles. The van der Waals surface area contributed by atoms with E-state index in [2.05, 4.69) is 9.55 Å². The fourth-order valence-electron chi connectivity index (χ4n) is 3.75. The third-order valence-electron chi connectivity index (χ3n) is 5.33. The van der Waals surface area contributed by atoms with E-state index in [1.165, 1.54) is 18.9 Å². The Morgan fingerprint density at radius 2 is 2.16 bits per heavy atom. The Morgan fingerprint density at radius 1 is 1.32 bits per heavy atom. The van der Waals surface area contributed by atoms with Crippen LogP contribution in [0, 0.1) is 18.7 Å². The van der Waals surface area contributed by atoms with E-state index >= 15 is 0 Å². The topological polar surface area (TPSA) is 38.1 Å². The normalized spacial score (nSPS) is 20.7. The number of nitrogens with zero attached hydrogens (tertiary/aromatic N) is 3. The second-order valence-corrected chi connectivity index (χ2v) is 7.45. The summed E-state index contributed by atoms with van der Waals surface area (Å²) in [6.07, 6.45) is 8.48. The maximum Gasteiger partial charge on any atom is 0.256 e. The summed E-state index contributed by atoms with van der Waals surface area (Å²) in [6.45, 7) is 4.17. The number of rotatable bonds is 4. The van der Waals surface area contributed by atoms with Crippen molar-refractivity contribution in [1.29, 1.82) is 0 Å². The number of benzene rings is 1. The van der Waals surface area contributed by atoms with Crippen LogP contribution in [0.3, 0.4) is 0 Å². The molecule has 132 valence electrons. The summed E-state index contributed by atoms with van der Waals surface area (Å²) < 4.78 is 16.4. The molecule has 5 heteroatoms. The fourth-order valence-corrected chi connectivity index (χ4v) is 3.75. The molecule has 2 heterocycles. The number of piperidine rings is 1. The van der Waals surface area contributed by atoms with Gasteiger partial charge in [-0.3, -0.25) is 4.79 Å². The van der Waals surface area contributed by atoms with Gasteiger partial charge in [0.2, 0.25) is 0 Å². The van der Waals surface area contributed by atoms with Crippen LogP contribution in [0.25, 0.3) is 0 Å². The van der Waals surface area contributed by atoms with Crippen molar-refractivity contribution in [2.75, 3.05) is 13.1 Å². The molecule has 4 rings (SSSR count). The van der Waals surface area contributed by atoms with Crippen molar-refractivity contribution in [3.63, 3.8) is 0 Å². The first-order valence-electron chi connectivity index (χ1n) is 9.18. The molecule has 1 atom stereocenters. The number of halogens is 1. The molecule has 0 spiro atoms. The van der Waals surface area contributed by atoms with Gasteiger partial charge in [-0.1, -0.05) is 6.07 Å². The molecule has 2 aliphatic rings. The molecular weight excluding hydrogens is 317 g/mol. The summed E-state index contributed by atoms with van der Waals surface area (Å²) >= 11 is 0. The molecule has 1 aromatic heterocycles. The number of imidazole rings is 1. The van der Waals surface area contributed by atoms with Crippen LogP contribution < -0.4 is 0 Å². The second-order valence-electron chi connectivity index (χ2n) is 7.45. The van der Waals surface area contributed by atoms with E-state index in [0.717, 1.165) is 36.7 Å². The summed E-state index contributed by atoms with van der Waals surface area (Å²) in [4.78, 5) is 19.1. The van der Waals surface area contributed by atoms with Gasteiger partial charge in [-0.25, -0.2) is 9.37 Å². The Morgan fingerprint density at radius 3 is 2.92 bits per heavy atom. The minimum atomic E-state index is -0.428. The molecule has 1 amide bonds. The maximum absolute atomic E-state index is 14.2. The zero-order chi connectivity index (χ0) is 17.4. The second kappa shape index (κ2) is 6.62. The average molecular weight is 341 g/mol. The van der Waals surface area contributed by atoms with Crippen molar-refractivity contribution < 1.29 is 9.18 Å². The van der Waals surface area contributed by atoms with Crippen LogP contribution in [0.1, 0.15) is 53.3 Å². The number of hydrogen-bond acceptors (Lipinski definition) is 2. The zero-order valence-corrected chi connectivity index (χ0v) is 14.6. The fraction of sp³-hybridized carbons (Fsp3) is 0.500. The predicted molar refractivity (Wildman–Crippen MR) is 94.0 cm³/mol. The third kappa shape index (κ3) is 3.46. The summed E-state index contributed by atoms with van der Waals surface area (Å²) in [5.41, 5.74) is 1.00. The molecule has 0 bridgehead atoms. The lowest BCUT2D eigenvalue weighted by Gasteiger charge is -2.33. The number of carbonyl (C=O) groups excluding carboxylic acids is 1. The molecule has 4 nitrogen and oxygen atoms in total. The standard InChI is InChI=1S/C20H24FN3O/c1-14-4-7-17(18(21)11-14)20(25)24-9-2-3-16(13-24)19-22-8-10-23(19)12-15-5-6-15/h4,7-8,10-11,15-16H,2-3,5-6,9,12-13H2,1H3/t16-/m0/s1. The largest absolute Gasteiger partial charge is 0.338 e. The number of likely N-dealkylation sites (tertiary alicyclic amines) is 1. The van der Waals surface area contributed by atoms with E-state index in [1.54, 1.807) is 17.0 Å². The van der Waals surface area contributed by atoms with Crippen molar-refractivity contribution in [1.82, 2.24) is 14.5 Å². The number of carbonyl (C=O) groups is 1. The Labute approximate surface area is 147 Å². The van der Waals surface area contributed by atoms with Gasteiger partial charge < -0.3 is 9.47 Å². The first-order valence-corrected chi connectivity index (χ1v) is 9.18. The van der Waals surface area contributed by atoms with Crippen molar-refractivity contribution in [2.24, 2.45) is 5.92 Å². The highest BCUT2D eigenvalue weighted by molar-refractivity contribution is 5.94. The lowest BCUT2D eigenvalue weighted by atomic mass is 9.96. The number of hydrogen-bond donors (Lipinski definition) is 0. The van der Waals surface area contributed by atoms with E-state index in [9.17, 15) is 9.18 Å². The van der Waals surface area contributed by atoms with E-state index in [0.29, 0.717) is 13.1 Å². The van der Waals surface area contributed by atoms with Gasteiger partial charge in [0.05, 0.1) is 5.56 Å². The number of aromatic nitrogens is 2. The van der Waals surface area contributed by atoms with Crippen LogP contribution in [-0.4, -0.2) is 33.4 Å². The lowest BCUT2D eigenvalue weighted by Crippen LogP contribution is -2.40. The SMILES string of the molecule is Cc1ccc(C(=O)N2CCC[C@H](c3nccn3CC3CC3)C2)c(F)c1. The maximum atomic E-state index is 14.2. The minimum absolute atomic E-state index is 0.174. The van der Waals surface area contributed by atoms with Gasteiger partial charge in [0.25, 0.3) is 5.91 Å². The summed E-state index contributed by atoms with van der Waals surface area (Å²) in [6, 6.07) is 4.82. The molecule has 25 heavy (non-hydrogen) atoms. The quantitative estimate of drug-likeness (QED) is 0.849. The Hall–Kier alpha value is -2.17. The van der Waals surface area contributed by atoms with Crippen molar-refractivity contribution in [3.8, 4) is 0 Å². The first kappa shape index (κ1) is 16.3. The van der Waals surface area contributed by atoms with Crippen LogP contribution in [0.15, 0.2) is 30.6 Å². The molecular formula is C20H24FN3O. The highest BCUT2D eigenvalue weighted by Gasteiger charge is 2.30. The molecule has 1 aromatic carbocycles. The van der Waals surface area contributed by atoms with Crippen LogP contribution in [0.5, 0.6) is 0 Å². The Kier molecular flexibility index (Phi) is 4.32. The monoisotopic (exact) mass is 341 g/mol. The van der Waals surface area contributed by atoms with Crippen LogP contribution >= 0.6 is 0 Å².